The molecule has 4 nitrogen and oxygen atoms in total. The third-order valence-electron chi connectivity index (χ3n) is 7.31. The number of imidazole rings is 1. The fraction of sp³-hybridized carbons (Fsp3) is 0.500. The molecule has 0 spiro atoms. The number of para-hydroxylation sites is 3. The van der Waals surface area contributed by atoms with Gasteiger partial charge in [0.2, 0.25) is 5.95 Å². The molecule has 2 aromatic carbocycles. The van der Waals surface area contributed by atoms with Crippen molar-refractivity contribution >= 4 is 34.1 Å². The molecule has 0 radical (unpaired) electrons. The Labute approximate surface area is 217 Å². The van der Waals surface area contributed by atoms with E-state index in [1.165, 1.54) is 101 Å². The van der Waals surface area contributed by atoms with Crippen molar-refractivity contribution in [3.8, 4) is 0 Å². The number of aliphatic imine (C=N–C) groups is 1. The van der Waals surface area contributed by atoms with Crippen LogP contribution in [-0.4, -0.2) is 20.7 Å². The van der Waals surface area contributed by atoms with Crippen LogP contribution in [0.2, 0.25) is 0 Å². The van der Waals surface area contributed by atoms with Gasteiger partial charge in [-0.05, 0) is 24.6 Å². The van der Waals surface area contributed by atoms with E-state index in [9.17, 15) is 0 Å². The van der Waals surface area contributed by atoms with Gasteiger partial charge < -0.3 is 9.55 Å². The number of aromatic nitrogens is 3. The van der Waals surface area contributed by atoms with E-state index in [0.29, 0.717) is 0 Å². The Bertz CT molecular complexity index is 1200. The zero-order chi connectivity index (χ0) is 24.8. The van der Waals surface area contributed by atoms with Gasteiger partial charge in [-0.15, -0.1) is 0 Å². The minimum absolute atomic E-state index is 0.802. The van der Waals surface area contributed by atoms with Gasteiger partial charge >= 0.3 is 0 Å². The summed E-state index contributed by atoms with van der Waals surface area (Å²) in [5, 5.41) is 1.19. The summed E-state index contributed by atoms with van der Waals surface area (Å²) in [7, 11) is 0. The second-order valence-electron chi connectivity index (χ2n) is 10.2. The van der Waals surface area contributed by atoms with Crippen LogP contribution in [0.1, 0.15) is 102 Å². The molecule has 36 heavy (non-hydrogen) atoms. The lowest BCUT2D eigenvalue weighted by atomic mass is 10.0. The Balaban J connectivity index is 1.20. The van der Waals surface area contributed by atoms with Crippen LogP contribution in [0.5, 0.6) is 0 Å². The molecule has 4 heteroatoms. The van der Waals surface area contributed by atoms with Crippen LogP contribution in [0, 0.1) is 0 Å². The van der Waals surface area contributed by atoms with Crippen molar-refractivity contribution in [2.24, 2.45) is 4.99 Å². The molecule has 4 aromatic rings. The lowest BCUT2D eigenvalue weighted by Gasteiger charge is -2.07. The van der Waals surface area contributed by atoms with E-state index in [0.717, 1.165) is 29.1 Å². The number of unbranched alkanes of at least 4 members (excludes halogenated alkanes) is 13. The molecule has 1 N–H and O–H groups in total. The molecular formula is C32H44N4. The lowest BCUT2D eigenvalue weighted by molar-refractivity contribution is 0.526. The molecule has 0 unspecified atom stereocenters. The van der Waals surface area contributed by atoms with E-state index < -0.39 is 0 Å². The van der Waals surface area contributed by atoms with Crippen molar-refractivity contribution in [2.45, 2.75) is 103 Å². The third kappa shape index (κ3) is 7.56. The molecule has 4 rings (SSSR count). The smallest absolute Gasteiger partial charge is 0.230 e. The van der Waals surface area contributed by atoms with Crippen LogP contribution >= 0.6 is 0 Å². The van der Waals surface area contributed by atoms with Gasteiger partial charge in [-0.2, -0.15) is 0 Å². The summed E-state index contributed by atoms with van der Waals surface area (Å²) < 4.78 is 2.29. The largest absolute Gasteiger partial charge is 0.361 e. The van der Waals surface area contributed by atoms with E-state index in [2.05, 4.69) is 65.0 Å². The molecule has 0 aliphatic carbocycles. The summed E-state index contributed by atoms with van der Waals surface area (Å²) in [4.78, 5) is 13.0. The zero-order valence-corrected chi connectivity index (χ0v) is 22.2. The van der Waals surface area contributed by atoms with Crippen LogP contribution in [0.3, 0.4) is 0 Å². The Morgan fingerprint density at radius 3 is 2.08 bits per heavy atom. The molecule has 0 fully saturated rings. The maximum Gasteiger partial charge on any atom is 0.230 e. The summed E-state index contributed by atoms with van der Waals surface area (Å²) in [6.45, 7) is 3.26. The van der Waals surface area contributed by atoms with Crippen molar-refractivity contribution in [1.82, 2.24) is 14.5 Å². The summed E-state index contributed by atoms with van der Waals surface area (Å²) in [6, 6.07) is 16.7. The monoisotopic (exact) mass is 484 g/mol. The molecule has 192 valence electrons. The van der Waals surface area contributed by atoms with Gasteiger partial charge in [0.05, 0.1) is 11.0 Å². The number of aryl methyl sites for hydroxylation is 1. The number of fused-ring (bicyclic) bond motifs is 2. The topological polar surface area (TPSA) is 46.0 Å². The van der Waals surface area contributed by atoms with Crippen LogP contribution in [0.15, 0.2) is 59.7 Å². The summed E-state index contributed by atoms with van der Waals surface area (Å²) in [5.74, 6) is 0.802. The average Bonchev–Trinajstić information content (AvgIpc) is 3.48. The highest BCUT2D eigenvalue weighted by Gasteiger charge is 2.09. The van der Waals surface area contributed by atoms with Crippen LogP contribution in [0.25, 0.3) is 21.9 Å². The second-order valence-corrected chi connectivity index (χ2v) is 10.2. The number of H-pyrrole nitrogens is 1. The first-order chi connectivity index (χ1) is 17.9. The van der Waals surface area contributed by atoms with Gasteiger partial charge in [0.25, 0.3) is 0 Å². The number of rotatable bonds is 17. The van der Waals surface area contributed by atoms with Gasteiger partial charge in [0, 0.05) is 35.4 Å². The van der Waals surface area contributed by atoms with E-state index in [-0.39, 0.29) is 0 Å². The quantitative estimate of drug-likeness (QED) is 0.118. The Morgan fingerprint density at radius 2 is 1.36 bits per heavy atom. The summed E-state index contributed by atoms with van der Waals surface area (Å²) >= 11 is 0. The van der Waals surface area contributed by atoms with Crippen LogP contribution in [-0.2, 0) is 6.54 Å². The van der Waals surface area contributed by atoms with Gasteiger partial charge in [-0.3, -0.25) is 0 Å². The van der Waals surface area contributed by atoms with Crippen molar-refractivity contribution < 1.29 is 0 Å². The second kappa shape index (κ2) is 14.6. The van der Waals surface area contributed by atoms with Gasteiger partial charge in [-0.1, -0.05) is 121 Å². The van der Waals surface area contributed by atoms with Crippen LogP contribution in [0.4, 0.5) is 5.95 Å². The molecule has 0 aliphatic heterocycles. The van der Waals surface area contributed by atoms with Gasteiger partial charge in [-0.25, -0.2) is 9.98 Å². The first kappa shape index (κ1) is 26.2. The molecule has 2 aromatic heterocycles. The molecule has 0 saturated heterocycles. The maximum absolute atomic E-state index is 4.83. The van der Waals surface area contributed by atoms with E-state index >= 15 is 0 Å². The summed E-state index contributed by atoms with van der Waals surface area (Å²) in [6.07, 6.45) is 23.3. The third-order valence-corrected chi connectivity index (χ3v) is 7.31. The van der Waals surface area contributed by atoms with Crippen molar-refractivity contribution in [1.29, 1.82) is 0 Å². The number of benzene rings is 2. The van der Waals surface area contributed by atoms with Gasteiger partial charge in [0.1, 0.15) is 0 Å². The Hall–Kier alpha value is -2.88. The highest BCUT2D eigenvalue weighted by Crippen LogP contribution is 2.24. The van der Waals surface area contributed by atoms with E-state index in [1.54, 1.807) is 0 Å². The first-order valence-corrected chi connectivity index (χ1v) is 14.4. The normalized spacial score (nSPS) is 11.9. The fourth-order valence-electron chi connectivity index (χ4n) is 5.17. The molecule has 0 bridgehead atoms. The van der Waals surface area contributed by atoms with Crippen molar-refractivity contribution in [2.75, 3.05) is 0 Å². The SMILES string of the molecule is CCCCCCCCCCCCCCCCn1c(N=Cc2c[nH]c3ccccc23)nc2ccccc21. The number of nitrogens with one attached hydrogen (secondary N) is 1. The minimum atomic E-state index is 0.802. The maximum atomic E-state index is 4.83. The molecular weight excluding hydrogens is 440 g/mol. The first-order valence-electron chi connectivity index (χ1n) is 14.4. The molecule has 0 atom stereocenters. The Kier molecular flexibility index (Phi) is 10.6. The minimum Gasteiger partial charge on any atom is -0.361 e. The predicted octanol–water partition coefficient (Wildman–Crippen LogP) is 9.75. The van der Waals surface area contributed by atoms with Crippen molar-refractivity contribution in [3.63, 3.8) is 0 Å². The predicted molar refractivity (Wildman–Crippen MR) is 156 cm³/mol. The van der Waals surface area contributed by atoms with Crippen molar-refractivity contribution in [3.05, 3.63) is 60.3 Å². The lowest BCUT2D eigenvalue weighted by Crippen LogP contribution is -1.98. The average molecular weight is 485 g/mol. The highest BCUT2D eigenvalue weighted by molar-refractivity contribution is 5.99. The van der Waals surface area contributed by atoms with Crippen LogP contribution < -0.4 is 0 Å². The molecule has 0 amide bonds. The number of aromatic amines is 1. The zero-order valence-electron chi connectivity index (χ0n) is 22.2. The standard InChI is InChI=1S/C32H44N4/c1-2-3-4-5-6-7-8-9-10-11-12-13-14-19-24-36-31-23-18-17-22-30(31)35-32(36)34-26-27-25-33-29-21-16-15-20-28(27)29/h15-18,20-23,25-26,33H,2-14,19,24H2,1H3. The molecule has 2 heterocycles. The van der Waals surface area contributed by atoms with E-state index in [4.69, 9.17) is 9.98 Å². The number of nitrogens with zero attached hydrogens (tertiary/aromatic N) is 3. The fourth-order valence-corrected chi connectivity index (χ4v) is 5.17. The molecule has 0 aliphatic rings. The molecule has 0 saturated carbocycles. The number of hydrogen-bond donors (Lipinski definition) is 1. The van der Waals surface area contributed by atoms with E-state index in [1.807, 2.05) is 12.4 Å². The highest BCUT2D eigenvalue weighted by atomic mass is 15.2. The Morgan fingerprint density at radius 1 is 0.750 bits per heavy atom. The summed E-state index contributed by atoms with van der Waals surface area (Å²) in [5.41, 5.74) is 4.43. The van der Waals surface area contributed by atoms with Gasteiger partial charge in [0.15, 0.2) is 0 Å². The number of hydrogen-bond acceptors (Lipinski definition) is 2.